The smallest absolute Gasteiger partial charge is 0.337 e. The van der Waals surface area contributed by atoms with Gasteiger partial charge in [-0.3, -0.25) is 9.59 Å². The summed E-state index contributed by atoms with van der Waals surface area (Å²) >= 11 is 3.41. The number of benzene rings is 3. The molecule has 2 amide bonds. The van der Waals surface area contributed by atoms with Crippen LogP contribution in [0.4, 0.5) is 11.4 Å². The molecule has 0 spiro atoms. The number of rotatable bonds is 6. The lowest BCUT2D eigenvalue weighted by Gasteiger charge is -2.37. The molecule has 1 aliphatic heterocycles. The van der Waals surface area contributed by atoms with Gasteiger partial charge >= 0.3 is 5.97 Å². The predicted octanol–water partition coefficient (Wildman–Crippen LogP) is 4.46. The summed E-state index contributed by atoms with van der Waals surface area (Å²) in [4.78, 5) is 42.0. The molecule has 1 fully saturated rings. The number of piperazine rings is 1. The van der Waals surface area contributed by atoms with Crippen LogP contribution in [-0.2, 0) is 4.74 Å². The van der Waals surface area contributed by atoms with Crippen molar-refractivity contribution in [1.29, 1.82) is 0 Å². The third kappa shape index (κ3) is 5.52. The molecule has 0 atom stereocenters. The average Bonchev–Trinajstić information content (AvgIpc) is 2.92. The highest BCUT2D eigenvalue weighted by molar-refractivity contribution is 9.10. The van der Waals surface area contributed by atoms with E-state index in [0.717, 1.165) is 5.69 Å². The Morgan fingerprint density at radius 1 is 0.833 bits per heavy atom. The van der Waals surface area contributed by atoms with Gasteiger partial charge in [-0.25, -0.2) is 4.79 Å². The van der Waals surface area contributed by atoms with Gasteiger partial charge in [0.05, 0.1) is 35.6 Å². The largest absolute Gasteiger partial charge is 0.496 e. The van der Waals surface area contributed by atoms with Gasteiger partial charge in [-0.05, 0) is 64.5 Å². The molecular weight excluding hydrogens is 526 g/mol. The van der Waals surface area contributed by atoms with Crippen LogP contribution in [0.15, 0.2) is 71.2 Å². The number of anilines is 2. The zero-order chi connectivity index (χ0) is 25.7. The lowest BCUT2D eigenvalue weighted by atomic mass is 10.1. The SMILES string of the molecule is COC(=O)c1ccc(N2CCN(C(=O)c3ccccc3)CC2)c(NC(=O)c2ccc(OC)c(Br)c2)c1. The molecule has 0 aromatic heterocycles. The Morgan fingerprint density at radius 2 is 1.53 bits per heavy atom. The molecule has 3 aromatic carbocycles. The van der Waals surface area contributed by atoms with Crippen LogP contribution < -0.4 is 15.0 Å². The van der Waals surface area contributed by atoms with Gasteiger partial charge in [-0.1, -0.05) is 18.2 Å². The van der Waals surface area contributed by atoms with Crippen LogP contribution >= 0.6 is 15.9 Å². The minimum atomic E-state index is -0.498. The second-order valence-corrected chi connectivity index (χ2v) is 9.03. The van der Waals surface area contributed by atoms with Gasteiger partial charge in [0, 0.05) is 37.3 Å². The van der Waals surface area contributed by atoms with E-state index >= 15 is 0 Å². The Morgan fingerprint density at radius 3 is 2.17 bits per heavy atom. The van der Waals surface area contributed by atoms with Crippen molar-refractivity contribution in [3.63, 3.8) is 0 Å². The van der Waals surface area contributed by atoms with Gasteiger partial charge < -0.3 is 24.6 Å². The average molecular weight is 552 g/mol. The van der Waals surface area contributed by atoms with Crippen molar-refractivity contribution in [2.24, 2.45) is 0 Å². The van der Waals surface area contributed by atoms with Crippen molar-refractivity contribution in [2.45, 2.75) is 0 Å². The van der Waals surface area contributed by atoms with Crippen molar-refractivity contribution >= 4 is 45.1 Å². The van der Waals surface area contributed by atoms with Gasteiger partial charge in [0.15, 0.2) is 0 Å². The summed E-state index contributed by atoms with van der Waals surface area (Å²) in [5.74, 6) is -0.222. The maximum atomic E-state index is 13.1. The van der Waals surface area contributed by atoms with Crippen molar-refractivity contribution < 1.29 is 23.9 Å². The number of methoxy groups -OCH3 is 2. The molecule has 9 heteroatoms. The first-order chi connectivity index (χ1) is 17.4. The summed E-state index contributed by atoms with van der Waals surface area (Å²) < 4.78 is 10.8. The standard InChI is InChI=1S/C27H26BrN3O5/c1-35-24-11-9-19(16-21(24)28)25(32)29-22-17-20(27(34)36-2)8-10-23(22)30-12-14-31(15-13-30)26(33)18-6-4-3-5-7-18/h3-11,16-17H,12-15H2,1-2H3,(H,29,32). The molecule has 36 heavy (non-hydrogen) atoms. The second-order valence-electron chi connectivity index (χ2n) is 8.17. The number of carbonyl (C=O) groups is 3. The van der Waals surface area contributed by atoms with E-state index in [9.17, 15) is 14.4 Å². The molecule has 0 saturated carbocycles. The van der Waals surface area contributed by atoms with E-state index < -0.39 is 5.97 Å². The fourth-order valence-corrected chi connectivity index (χ4v) is 4.61. The highest BCUT2D eigenvalue weighted by atomic mass is 79.9. The summed E-state index contributed by atoms with van der Waals surface area (Å²) in [5.41, 5.74) is 2.65. The van der Waals surface area contributed by atoms with E-state index in [4.69, 9.17) is 9.47 Å². The molecule has 1 aliphatic rings. The van der Waals surface area contributed by atoms with Crippen LogP contribution in [0.25, 0.3) is 0 Å². The zero-order valence-corrected chi connectivity index (χ0v) is 21.6. The topological polar surface area (TPSA) is 88.2 Å². The molecule has 0 radical (unpaired) electrons. The van der Waals surface area contributed by atoms with Gasteiger partial charge in [-0.2, -0.15) is 0 Å². The number of esters is 1. The number of carbonyl (C=O) groups excluding carboxylic acids is 3. The maximum absolute atomic E-state index is 13.1. The van der Waals surface area contributed by atoms with Crippen molar-refractivity contribution in [1.82, 2.24) is 4.90 Å². The Hall–Kier alpha value is -3.85. The maximum Gasteiger partial charge on any atom is 0.337 e. The van der Waals surface area contributed by atoms with E-state index in [1.54, 1.807) is 43.5 Å². The Balaban J connectivity index is 1.55. The van der Waals surface area contributed by atoms with E-state index in [0.29, 0.717) is 58.8 Å². The van der Waals surface area contributed by atoms with Gasteiger partial charge in [0.1, 0.15) is 5.75 Å². The fourth-order valence-electron chi connectivity index (χ4n) is 4.07. The fraction of sp³-hybridized carbons (Fsp3) is 0.222. The van der Waals surface area contributed by atoms with Crippen LogP contribution in [-0.4, -0.2) is 63.1 Å². The first kappa shape index (κ1) is 25.2. The number of hydrogen-bond acceptors (Lipinski definition) is 6. The minimum Gasteiger partial charge on any atom is -0.496 e. The molecule has 4 rings (SSSR count). The molecule has 1 N–H and O–H groups in total. The van der Waals surface area contributed by atoms with E-state index in [1.165, 1.54) is 7.11 Å². The minimum absolute atomic E-state index is 0.00472. The number of halogens is 1. The monoisotopic (exact) mass is 551 g/mol. The molecule has 0 bridgehead atoms. The number of nitrogens with one attached hydrogen (secondary N) is 1. The third-order valence-corrected chi connectivity index (χ3v) is 6.63. The summed E-state index contributed by atoms with van der Waals surface area (Å²) in [6.45, 7) is 2.22. The Labute approximate surface area is 217 Å². The first-order valence-electron chi connectivity index (χ1n) is 11.4. The molecule has 1 saturated heterocycles. The van der Waals surface area contributed by atoms with Crippen LogP contribution in [0.3, 0.4) is 0 Å². The van der Waals surface area contributed by atoms with E-state index in [-0.39, 0.29) is 11.8 Å². The van der Waals surface area contributed by atoms with Gasteiger partial charge in [-0.15, -0.1) is 0 Å². The summed E-state index contributed by atoms with van der Waals surface area (Å²) in [5, 5.41) is 2.94. The van der Waals surface area contributed by atoms with Gasteiger partial charge in [0.25, 0.3) is 11.8 Å². The molecule has 8 nitrogen and oxygen atoms in total. The highest BCUT2D eigenvalue weighted by Crippen LogP contribution is 2.31. The van der Waals surface area contributed by atoms with Crippen LogP contribution in [0.2, 0.25) is 0 Å². The van der Waals surface area contributed by atoms with E-state index in [1.807, 2.05) is 35.2 Å². The number of hydrogen-bond donors (Lipinski definition) is 1. The molecule has 0 aliphatic carbocycles. The molecule has 1 heterocycles. The lowest BCUT2D eigenvalue weighted by molar-refractivity contribution is 0.0600. The molecule has 3 aromatic rings. The molecule has 0 unspecified atom stereocenters. The van der Waals surface area contributed by atoms with Crippen molar-refractivity contribution in [3.05, 3.63) is 87.9 Å². The number of amides is 2. The number of ether oxygens (including phenoxy) is 2. The summed E-state index contributed by atoms with van der Waals surface area (Å²) in [7, 11) is 2.87. The summed E-state index contributed by atoms with van der Waals surface area (Å²) in [6.07, 6.45) is 0. The van der Waals surface area contributed by atoms with Crippen LogP contribution in [0, 0.1) is 0 Å². The van der Waals surface area contributed by atoms with Crippen molar-refractivity contribution in [3.8, 4) is 5.75 Å². The molecular formula is C27H26BrN3O5. The third-order valence-electron chi connectivity index (χ3n) is 6.01. The van der Waals surface area contributed by atoms with E-state index in [2.05, 4.69) is 26.1 Å². The van der Waals surface area contributed by atoms with Gasteiger partial charge in [0.2, 0.25) is 0 Å². The zero-order valence-electron chi connectivity index (χ0n) is 20.0. The number of nitrogens with zero attached hydrogens (tertiary/aromatic N) is 2. The predicted molar refractivity (Wildman–Crippen MR) is 141 cm³/mol. The van der Waals surface area contributed by atoms with Crippen LogP contribution in [0.1, 0.15) is 31.1 Å². The van der Waals surface area contributed by atoms with Crippen molar-refractivity contribution in [2.75, 3.05) is 50.6 Å². The normalized spacial score (nSPS) is 13.2. The lowest BCUT2D eigenvalue weighted by Crippen LogP contribution is -2.49. The molecule has 186 valence electrons. The van der Waals surface area contributed by atoms with Crippen LogP contribution in [0.5, 0.6) is 5.75 Å². The summed E-state index contributed by atoms with van der Waals surface area (Å²) in [6, 6.07) is 19.3. The quantitative estimate of drug-likeness (QED) is 0.455. The Bertz CT molecular complexity index is 1270. The highest BCUT2D eigenvalue weighted by Gasteiger charge is 2.25. The second kappa shape index (κ2) is 11.3. The first-order valence-corrected chi connectivity index (χ1v) is 12.2. The Kier molecular flexibility index (Phi) is 7.90.